The van der Waals surface area contributed by atoms with Gasteiger partial charge in [0, 0.05) is 5.69 Å². The molecule has 0 spiro atoms. The van der Waals surface area contributed by atoms with Crippen LogP contribution in [-0.4, -0.2) is 15.2 Å². The summed E-state index contributed by atoms with van der Waals surface area (Å²) in [6.45, 7) is 1.72. The summed E-state index contributed by atoms with van der Waals surface area (Å²) in [5.41, 5.74) is 7.39. The third-order valence-corrected chi connectivity index (χ3v) is 1.85. The molecule has 0 aliphatic heterocycles. The van der Waals surface area contributed by atoms with E-state index in [9.17, 15) is 0 Å². The zero-order chi connectivity index (χ0) is 9.42. The van der Waals surface area contributed by atoms with Crippen molar-refractivity contribution in [3.63, 3.8) is 0 Å². The number of aryl methyl sites for hydroxylation is 1. The first-order valence-electron chi connectivity index (χ1n) is 3.84. The second-order valence-electron chi connectivity index (χ2n) is 2.83. The summed E-state index contributed by atoms with van der Waals surface area (Å²) in [5, 5.41) is 13.2. The van der Waals surface area contributed by atoms with Crippen LogP contribution < -0.4 is 5.73 Å². The van der Waals surface area contributed by atoms with Crippen molar-refractivity contribution in [2.75, 3.05) is 5.73 Å². The number of rotatable bonds is 1. The van der Waals surface area contributed by atoms with E-state index in [1.54, 1.807) is 6.07 Å². The van der Waals surface area contributed by atoms with Gasteiger partial charge in [-0.25, -0.2) is 4.98 Å². The summed E-state index contributed by atoms with van der Waals surface area (Å²) in [6.07, 6.45) is 0. The van der Waals surface area contributed by atoms with E-state index in [4.69, 9.17) is 15.4 Å². The van der Waals surface area contributed by atoms with Gasteiger partial charge < -0.3 is 15.4 Å². The van der Waals surface area contributed by atoms with Crippen LogP contribution in [-0.2, 0) is 6.61 Å². The minimum Gasteiger partial charge on any atom is -0.392 e. The molecule has 0 unspecified atom stereocenters. The summed E-state index contributed by atoms with van der Waals surface area (Å²) in [7, 11) is 0. The molecule has 2 aromatic rings. The van der Waals surface area contributed by atoms with Gasteiger partial charge >= 0.3 is 0 Å². The van der Waals surface area contributed by atoms with Gasteiger partial charge in [-0.15, -0.1) is 0 Å². The predicted octanol–water partition coefficient (Wildman–Crippen LogP) is 0.606. The Kier molecular flexibility index (Phi) is 1.66. The SMILES string of the molecule is Cc1cc(CO)c2c(N)noc2n1. The largest absolute Gasteiger partial charge is 0.392 e. The third-order valence-electron chi connectivity index (χ3n) is 1.85. The highest BCUT2D eigenvalue weighted by molar-refractivity contribution is 5.87. The van der Waals surface area contributed by atoms with Gasteiger partial charge in [0.1, 0.15) is 0 Å². The quantitative estimate of drug-likeness (QED) is 0.669. The molecule has 0 aliphatic rings. The molecule has 2 heterocycles. The zero-order valence-electron chi connectivity index (χ0n) is 7.11. The summed E-state index contributed by atoms with van der Waals surface area (Å²) in [5.74, 6) is 0.270. The van der Waals surface area contributed by atoms with Crippen LogP contribution >= 0.6 is 0 Å². The first kappa shape index (κ1) is 8.00. The Bertz CT molecular complexity index is 450. The third kappa shape index (κ3) is 1.13. The van der Waals surface area contributed by atoms with E-state index in [0.29, 0.717) is 16.7 Å². The van der Waals surface area contributed by atoms with Crippen LogP contribution in [0.3, 0.4) is 0 Å². The lowest BCUT2D eigenvalue weighted by Gasteiger charge is -1.98. The van der Waals surface area contributed by atoms with E-state index >= 15 is 0 Å². The van der Waals surface area contributed by atoms with Crippen molar-refractivity contribution in [1.82, 2.24) is 10.1 Å². The lowest BCUT2D eigenvalue weighted by Crippen LogP contribution is -1.92. The van der Waals surface area contributed by atoms with Gasteiger partial charge in [-0.05, 0) is 18.6 Å². The molecular weight excluding hydrogens is 170 g/mol. The molecule has 0 bridgehead atoms. The molecule has 0 radical (unpaired) electrons. The number of aliphatic hydroxyl groups excluding tert-OH is 1. The second kappa shape index (κ2) is 2.70. The van der Waals surface area contributed by atoms with Crippen molar-refractivity contribution in [2.24, 2.45) is 0 Å². The van der Waals surface area contributed by atoms with Crippen molar-refractivity contribution < 1.29 is 9.63 Å². The average Bonchev–Trinajstić information content (AvgIpc) is 2.46. The van der Waals surface area contributed by atoms with Gasteiger partial charge in [-0.1, -0.05) is 5.16 Å². The lowest BCUT2D eigenvalue weighted by molar-refractivity contribution is 0.283. The van der Waals surface area contributed by atoms with Crippen LogP contribution in [0.25, 0.3) is 11.1 Å². The zero-order valence-corrected chi connectivity index (χ0v) is 7.11. The molecule has 5 nitrogen and oxygen atoms in total. The van der Waals surface area contributed by atoms with Crippen LogP contribution in [0.2, 0.25) is 0 Å². The van der Waals surface area contributed by atoms with Gasteiger partial charge in [0.05, 0.1) is 12.0 Å². The highest BCUT2D eigenvalue weighted by Crippen LogP contribution is 2.23. The maximum Gasteiger partial charge on any atom is 0.260 e. The summed E-state index contributed by atoms with van der Waals surface area (Å²) in [6, 6.07) is 1.76. The van der Waals surface area contributed by atoms with E-state index in [2.05, 4.69) is 10.1 Å². The highest BCUT2D eigenvalue weighted by atomic mass is 16.5. The molecule has 0 saturated carbocycles. The second-order valence-corrected chi connectivity index (χ2v) is 2.83. The predicted molar refractivity (Wildman–Crippen MR) is 46.9 cm³/mol. The Hall–Kier alpha value is -1.62. The van der Waals surface area contributed by atoms with Gasteiger partial charge in [0.25, 0.3) is 5.71 Å². The van der Waals surface area contributed by atoms with Crippen LogP contribution in [0.5, 0.6) is 0 Å². The number of fused-ring (bicyclic) bond motifs is 1. The van der Waals surface area contributed by atoms with Gasteiger partial charge in [0.15, 0.2) is 5.82 Å². The molecule has 2 aromatic heterocycles. The van der Waals surface area contributed by atoms with Crippen molar-refractivity contribution in [2.45, 2.75) is 13.5 Å². The standard InChI is InChI=1S/C8H9N3O2/c1-4-2-5(3-12)6-7(9)11-13-8(6)10-4/h2,12H,3H2,1H3,(H2,9,11). The number of nitrogens with two attached hydrogens (primary N) is 1. The minimum absolute atomic E-state index is 0.0920. The number of aliphatic hydroxyl groups is 1. The van der Waals surface area contributed by atoms with E-state index in [1.807, 2.05) is 6.92 Å². The number of hydrogen-bond acceptors (Lipinski definition) is 5. The van der Waals surface area contributed by atoms with Gasteiger partial charge in [0.2, 0.25) is 0 Å². The van der Waals surface area contributed by atoms with Gasteiger partial charge in [-0.3, -0.25) is 0 Å². The summed E-state index contributed by atoms with van der Waals surface area (Å²) in [4.78, 5) is 4.08. The fraction of sp³-hybridized carbons (Fsp3) is 0.250. The Morgan fingerprint density at radius 3 is 3.08 bits per heavy atom. The normalized spacial score (nSPS) is 10.9. The molecule has 0 aromatic carbocycles. The number of pyridine rings is 1. The summed E-state index contributed by atoms with van der Waals surface area (Å²) >= 11 is 0. The van der Waals surface area contributed by atoms with Crippen molar-refractivity contribution in [3.8, 4) is 0 Å². The Morgan fingerprint density at radius 2 is 2.38 bits per heavy atom. The molecular formula is C8H9N3O2. The first-order valence-corrected chi connectivity index (χ1v) is 3.84. The maximum absolute atomic E-state index is 9.05. The van der Waals surface area contributed by atoms with Crippen molar-refractivity contribution >= 4 is 16.9 Å². The molecule has 0 fully saturated rings. The smallest absolute Gasteiger partial charge is 0.260 e. The molecule has 0 amide bonds. The number of nitrogens with zero attached hydrogens (tertiary/aromatic N) is 2. The Labute approximate surface area is 74.2 Å². The molecule has 13 heavy (non-hydrogen) atoms. The Balaban J connectivity index is 2.85. The molecule has 2 rings (SSSR count). The number of aromatic nitrogens is 2. The molecule has 5 heteroatoms. The number of nitrogen functional groups attached to an aromatic ring is 1. The molecule has 0 saturated heterocycles. The fourth-order valence-corrected chi connectivity index (χ4v) is 1.31. The van der Waals surface area contributed by atoms with Crippen molar-refractivity contribution in [1.29, 1.82) is 0 Å². The van der Waals surface area contributed by atoms with E-state index < -0.39 is 0 Å². The Morgan fingerprint density at radius 1 is 1.62 bits per heavy atom. The van der Waals surface area contributed by atoms with Crippen LogP contribution in [0.4, 0.5) is 5.82 Å². The first-order chi connectivity index (χ1) is 6.22. The van der Waals surface area contributed by atoms with Gasteiger partial charge in [-0.2, -0.15) is 0 Å². The molecule has 68 valence electrons. The minimum atomic E-state index is -0.0920. The van der Waals surface area contributed by atoms with Crippen LogP contribution in [0.15, 0.2) is 10.6 Å². The van der Waals surface area contributed by atoms with E-state index in [-0.39, 0.29) is 12.4 Å². The summed E-state index contributed by atoms with van der Waals surface area (Å²) < 4.78 is 4.87. The van der Waals surface area contributed by atoms with E-state index in [1.165, 1.54) is 0 Å². The number of anilines is 1. The topological polar surface area (TPSA) is 85.2 Å². The highest BCUT2D eigenvalue weighted by Gasteiger charge is 2.11. The number of hydrogen-bond donors (Lipinski definition) is 2. The average molecular weight is 179 g/mol. The monoisotopic (exact) mass is 179 g/mol. The molecule has 3 N–H and O–H groups in total. The van der Waals surface area contributed by atoms with Crippen LogP contribution in [0.1, 0.15) is 11.3 Å². The van der Waals surface area contributed by atoms with Crippen molar-refractivity contribution in [3.05, 3.63) is 17.3 Å². The lowest BCUT2D eigenvalue weighted by atomic mass is 10.1. The van der Waals surface area contributed by atoms with Crippen LogP contribution in [0, 0.1) is 6.92 Å². The van der Waals surface area contributed by atoms with E-state index in [0.717, 1.165) is 5.69 Å². The molecule has 0 aliphatic carbocycles. The molecule has 0 atom stereocenters. The maximum atomic E-state index is 9.05. The fourth-order valence-electron chi connectivity index (χ4n) is 1.31.